The maximum Gasteiger partial charge on any atom is 0.416 e. The lowest BCUT2D eigenvalue weighted by molar-refractivity contribution is -0.139. The molecular formula is C44H43BrF7IN10O4PS2-3. The van der Waals surface area contributed by atoms with Crippen LogP contribution >= 0.6 is 76.8 Å². The molecule has 14 nitrogen and oxygen atoms in total. The molecule has 0 fully saturated rings. The summed E-state index contributed by atoms with van der Waals surface area (Å²) in [7, 11) is 0. The van der Waals surface area contributed by atoms with E-state index in [-0.39, 0.29) is 161 Å². The van der Waals surface area contributed by atoms with Crippen LogP contribution in [0.2, 0.25) is 0 Å². The second kappa shape index (κ2) is 23.9. The third-order valence-electron chi connectivity index (χ3n) is 11.0. The van der Waals surface area contributed by atoms with Gasteiger partial charge in [-0.3, -0.25) is 28.5 Å². The SMILES string of the molecule is C[C@H]1CN(c2ccc(C(F)(F)F)c(CBr)c2)C(=O)c2c(CC(=O)c3cccnc3N)cnn21.C[C@H]1CN(c2ccc(C(F)(F)F)c(C[18F])c2)C(=O)c2c(CC(=O)c3cccnc3N)cnn21.I.S.S.[P-3]. The Balaban J connectivity index is 0.000000350. The van der Waals surface area contributed by atoms with E-state index in [1.807, 2.05) is 6.92 Å². The first kappa shape index (κ1) is 59.2. The van der Waals surface area contributed by atoms with Gasteiger partial charge in [0.15, 0.2) is 11.6 Å². The first-order valence-corrected chi connectivity index (χ1v) is 21.1. The summed E-state index contributed by atoms with van der Waals surface area (Å²) in [4.78, 5) is 62.7. The summed E-state index contributed by atoms with van der Waals surface area (Å²) in [5, 5.41) is 8.49. The molecule has 2 aliphatic heterocycles. The number of pyridine rings is 2. The number of nitrogen functional groups attached to an aromatic ring is 2. The predicted molar refractivity (Wildman–Crippen MR) is 274 cm³/mol. The highest BCUT2D eigenvalue weighted by atomic mass is 127. The van der Waals surface area contributed by atoms with Crippen LogP contribution in [0.3, 0.4) is 0 Å². The maximum absolute atomic E-state index is 13.4. The number of aromatic nitrogens is 6. The van der Waals surface area contributed by atoms with E-state index in [1.165, 1.54) is 57.5 Å². The van der Waals surface area contributed by atoms with E-state index < -0.39 is 47.5 Å². The number of hydrogen-bond donors (Lipinski definition) is 2. The number of rotatable bonds is 10. The van der Waals surface area contributed by atoms with Crippen molar-refractivity contribution in [3.05, 3.63) is 141 Å². The molecule has 0 spiro atoms. The molecule has 4 aromatic heterocycles. The minimum atomic E-state index is -4.71. The van der Waals surface area contributed by atoms with Gasteiger partial charge in [-0.25, -0.2) is 14.4 Å². The summed E-state index contributed by atoms with van der Waals surface area (Å²) in [6.45, 7) is 2.64. The molecule has 0 unspecified atom stereocenters. The molecule has 70 heavy (non-hydrogen) atoms. The molecule has 0 saturated carbocycles. The number of nitrogens with two attached hydrogens (primary N) is 2. The average molecular weight is 1210 g/mol. The first-order valence-electron chi connectivity index (χ1n) is 20.0. The van der Waals surface area contributed by atoms with E-state index in [2.05, 4.69) is 36.1 Å². The molecule has 6 heterocycles. The Morgan fingerprint density at radius 3 is 1.41 bits per heavy atom. The molecule has 2 atom stereocenters. The van der Waals surface area contributed by atoms with Crippen LogP contribution in [0.1, 0.15) is 101 Å². The Kier molecular flexibility index (Phi) is 20.2. The van der Waals surface area contributed by atoms with Gasteiger partial charge in [0, 0.05) is 66.2 Å². The number of benzene rings is 2. The van der Waals surface area contributed by atoms with Gasteiger partial charge in [-0.05, 0) is 85.6 Å². The van der Waals surface area contributed by atoms with E-state index >= 15 is 0 Å². The Bertz CT molecular complexity index is 2700. The van der Waals surface area contributed by atoms with Gasteiger partial charge in [0.05, 0.1) is 46.7 Å². The summed E-state index contributed by atoms with van der Waals surface area (Å²) in [6.07, 6.45) is -3.68. The summed E-state index contributed by atoms with van der Waals surface area (Å²) < 4.78 is 95.7. The summed E-state index contributed by atoms with van der Waals surface area (Å²) in [6, 6.07) is 12.2. The minimum absolute atomic E-state index is 0. The number of amides is 2. The van der Waals surface area contributed by atoms with Crippen LogP contribution in [0.25, 0.3) is 0 Å². The number of carbonyl (C=O) groups is 4. The normalized spacial score (nSPS) is 15.2. The molecule has 2 amide bonds. The molecular weight excluding hydrogens is 1170 g/mol. The second-order valence-corrected chi connectivity index (χ2v) is 16.0. The molecule has 4 N–H and O–H groups in total. The zero-order chi connectivity index (χ0) is 47.8. The summed E-state index contributed by atoms with van der Waals surface area (Å²) in [5.41, 5.74) is 11.3. The number of anilines is 4. The molecule has 0 bridgehead atoms. The number of fused-ring (bicyclic) bond motifs is 2. The maximum atomic E-state index is 13.4. The number of carbonyl (C=O) groups excluding carboxylic acids is 4. The van der Waals surface area contributed by atoms with Crippen molar-refractivity contribution in [2.24, 2.45) is 0 Å². The molecule has 26 heteroatoms. The van der Waals surface area contributed by atoms with Gasteiger partial charge >= 0.3 is 12.4 Å². The van der Waals surface area contributed by atoms with E-state index in [0.29, 0.717) is 16.8 Å². The first-order chi connectivity index (χ1) is 31.2. The van der Waals surface area contributed by atoms with Crippen molar-refractivity contribution >= 4 is 123 Å². The topological polar surface area (TPSA) is 188 Å². The smallest absolute Gasteiger partial charge is 0.416 e. The Morgan fingerprint density at radius 1 is 0.671 bits per heavy atom. The quantitative estimate of drug-likeness (QED) is 0.0439. The van der Waals surface area contributed by atoms with Crippen LogP contribution in [0.4, 0.5) is 53.7 Å². The van der Waals surface area contributed by atoms with Gasteiger partial charge in [0.25, 0.3) is 11.8 Å². The van der Waals surface area contributed by atoms with Crippen LogP contribution in [-0.4, -0.2) is 66.0 Å². The van der Waals surface area contributed by atoms with Gasteiger partial charge < -0.3 is 31.2 Å². The number of halogens is 9. The predicted octanol–water partition coefficient (Wildman–Crippen LogP) is 10.1. The average Bonchev–Trinajstić information content (AvgIpc) is 3.91. The van der Waals surface area contributed by atoms with E-state index in [1.54, 1.807) is 29.8 Å². The number of Topliss-reactive ketones (excluding diaryl/α,β-unsaturated/α-hetero) is 2. The van der Waals surface area contributed by atoms with Crippen molar-refractivity contribution in [3.63, 3.8) is 0 Å². The van der Waals surface area contributed by atoms with Crippen molar-refractivity contribution in [3.8, 4) is 0 Å². The van der Waals surface area contributed by atoms with Gasteiger partial charge in [0.2, 0.25) is 0 Å². The highest BCUT2D eigenvalue weighted by Gasteiger charge is 2.39. The van der Waals surface area contributed by atoms with Crippen molar-refractivity contribution in [2.75, 3.05) is 34.4 Å². The summed E-state index contributed by atoms with van der Waals surface area (Å²) in [5.74, 6) is -1.50. The molecule has 2 aliphatic rings. The van der Waals surface area contributed by atoms with Crippen molar-refractivity contribution in [1.29, 1.82) is 0 Å². The van der Waals surface area contributed by atoms with Crippen LogP contribution in [-0.2, 0) is 37.2 Å². The van der Waals surface area contributed by atoms with E-state index in [4.69, 9.17) is 11.5 Å². The molecule has 8 rings (SSSR count). The second-order valence-electron chi connectivity index (χ2n) is 15.5. The Labute approximate surface area is 438 Å². The number of hydrogen-bond acceptors (Lipinski definition) is 10. The highest BCUT2D eigenvalue weighted by molar-refractivity contribution is 14.0. The zero-order valence-corrected chi connectivity index (χ0v) is 43.5. The fourth-order valence-electron chi connectivity index (χ4n) is 7.86. The van der Waals surface area contributed by atoms with E-state index in [9.17, 15) is 49.9 Å². The summed E-state index contributed by atoms with van der Waals surface area (Å²) >= 11 is 3.10. The van der Waals surface area contributed by atoms with Crippen molar-refractivity contribution in [1.82, 2.24) is 29.5 Å². The van der Waals surface area contributed by atoms with Crippen LogP contribution in [0.5, 0.6) is 0 Å². The van der Waals surface area contributed by atoms with Crippen molar-refractivity contribution < 1.29 is 49.9 Å². The number of alkyl halides is 8. The largest absolute Gasteiger partial charge is 3.00 e. The molecule has 0 saturated heterocycles. The standard InChI is InChI=1S/C22H19BrF3N5O2.C22H19F4N5O2.HI.P.2H2S/c2*1-12-11-30(15-4-5-17(22(24,25)26)13(7-15)9-23)21(33)19-14(10-29-31(12)19)8-18(32)16-3-2-6-28-20(16)27;;;;/h2*2-7,10,12H,8-9,11H2,1H3,(H2,27,28);1H;;2*1H2/q;;;-3;;/t2*12-;;;;/m00..../s1/i;23-1;;;;. The number of nitrogens with zero attached hydrogens (tertiary/aromatic N) is 8. The van der Waals surface area contributed by atoms with Crippen LogP contribution in [0, 0.1) is 0 Å². The lowest BCUT2D eigenvalue weighted by atomic mass is 10.0. The van der Waals surface area contributed by atoms with Crippen molar-refractivity contribution in [2.45, 2.75) is 63.1 Å². The fourth-order valence-corrected chi connectivity index (χ4v) is 8.32. The number of ketones is 2. The third kappa shape index (κ3) is 12.1. The Hall–Kier alpha value is -5.11. The monoisotopic (exact) mass is 1210 g/mol. The Morgan fingerprint density at radius 2 is 1.06 bits per heavy atom. The van der Waals surface area contributed by atoms with E-state index in [0.717, 1.165) is 24.3 Å². The van der Waals surface area contributed by atoms with Gasteiger partial charge in [-0.2, -0.15) is 63.5 Å². The zero-order valence-electron chi connectivity index (χ0n) is 36.7. The highest BCUT2D eigenvalue weighted by Crippen LogP contribution is 2.38. The van der Waals surface area contributed by atoms with Crippen LogP contribution in [0.15, 0.2) is 85.5 Å². The third-order valence-corrected chi connectivity index (χ3v) is 11.7. The van der Waals surface area contributed by atoms with Crippen LogP contribution < -0.4 is 21.3 Å². The lowest BCUT2D eigenvalue weighted by Crippen LogP contribution is -2.43. The van der Waals surface area contributed by atoms with Gasteiger partial charge in [-0.15, -0.1) is 24.0 Å². The lowest BCUT2D eigenvalue weighted by Gasteiger charge is -3.00. The molecule has 2 aromatic carbocycles. The molecule has 6 aromatic rings. The molecule has 0 radical (unpaired) electrons. The molecule has 376 valence electrons. The van der Waals surface area contributed by atoms with Gasteiger partial charge in [0.1, 0.15) is 29.7 Å². The van der Waals surface area contributed by atoms with Gasteiger partial charge in [-0.1, -0.05) is 15.9 Å². The fraction of sp³-hybridized carbons (Fsp3) is 0.273. The molecule has 0 aliphatic carbocycles. The minimum Gasteiger partial charge on any atom is -3.00 e.